The molecule has 0 amide bonds. The predicted octanol–water partition coefficient (Wildman–Crippen LogP) is 12.0. The molecule has 2 aromatic rings. The van der Waals surface area contributed by atoms with Crippen molar-refractivity contribution in [3.63, 3.8) is 0 Å². The summed E-state index contributed by atoms with van der Waals surface area (Å²) in [6.07, 6.45) is 0.592. The minimum atomic E-state index is -4.31. The number of alkyl halides is 6. The largest absolute Gasteiger partial charge is 0.416 e. The van der Waals surface area contributed by atoms with Crippen LogP contribution in [0.1, 0.15) is 99.3 Å². The molecule has 236 valence electrons. The van der Waals surface area contributed by atoms with Crippen LogP contribution >= 0.6 is 0 Å². The number of benzene rings is 2. The van der Waals surface area contributed by atoms with Gasteiger partial charge in [-0.25, -0.2) is 0 Å². The van der Waals surface area contributed by atoms with E-state index in [-0.39, 0.29) is 0 Å². The first-order valence-corrected chi connectivity index (χ1v) is 19.7. The molecule has 0 bridgehead atoms. The van der Waals surface area contributed by atoms with Gasteiger partial charge in [-0.2, -0.15) is 26.3 Å². The number of rotatable bonds is 4. The van der Waals surface area contributed by atoms with E-state index in [1.165, 1.54) is 49.9 Å². The lowest BCUT2D eigenvalue weighted by molar-refractivity contribution is -0.138. The number of halogens is 6. The van der Waals surface area contributed by atoms with Gasteiger partial charge >= 0.3 is 12.4 Å². The van der Waals surface area contributed by atoms with Gasteiger partial charge in [0.05, 0.1) is 19.2 Å². The molecule has 0 N–H and O–H groups in total. The van der Waals surface area contributed by atoms with Crippen LogP contribution in [0, 0.1) is 35.5 Å². The second-order valence-corrected chi connectivity index (χ2v) is 20.2. The fourth-order valence-corrected chi connectivity index (χ4v) is 18.3. The Morgan fingerprint density at radius 2 is 0.884 bits per heavy atom. The van der Waals surface area contributed by atoms with Gasteiger partial charge in [-0.3, -0.25) is 0 Å². The second kappa shape index (κ2) is 11.2. The molecule has 6 rings (SSSR count). The van der Waals surface area contributed by atoms with Crippen molar-refractivity contribution in [1.29, 1.82) is 0 Å². The Labute approximate surface area is 254 Å². The minimum Gasteiger partial charge on any atom is -0.166 e. The molecule has 43 heavy (non-hydrogen) atoms. The van der Waals surface area contributed by atoms with Crippen LogP contribution in [0.2, 0.25) is 24.2 Å². The number of hydrogen-bond acceptors (Lipinski definition) is 0. The number of hydrogen-bond donors (Lipinski definition) is 0. The maximum absolute atomic E-state index is 13.3. The van der Waals surface area contributed by atoms with Gasteiger partial charge in [0.25, 0.3) is 0 Å². The van der Waals surface area contributed by atoms with Crippen molar-refractivity contribution in [3.8, 4) is 0 Å². The van der Waals surface area contributed by atoms with Crippen molar-refractivity contribution >= 4 is 8.07 Å². The third-order valence-electron chi connectivity index (χ3n) is 12.7. The first-order valence-electron chi connectivity index (χ1n) is 16.5. The molecule has 10 unspecified atom stereocenters. The highest BCUT2D eigenvalue weighted by molar-refractivity contribution is 6.80. The summed E-state index contributed by atoms with van der Waals surface area (Å²) >= 11 is 0. The van der Waals surface area contributed by atoms with Crippen LogP contribution in [0.4, 0.5) is 26.3 Å². The lowest BCUT2D eigenvalue weighted by atomic mass is 9.70. The van der Waals surface area contributed by atoms with Gasteiger partial charge in [0, 0.05) is 0 Å². The lowest BCUT2D eigenvalue weighted by Gasteiger charge is -2.49. The van der Waals surface area contributed by atoms with Crippen LogP contribution in [-0.4, -0.2) is 8.07 Å². The van der Waals surface area contributed by atoms with Crippen molar-refractivity contribution in [2.75, 3.05) is 0 Å². The van der Waals surface area contributed by atoms with Gasteiger partial charge in [-0.15, -0.1) is 0 Å². The molecular formula is C36H46F6Si. The third-order valence-corrected chi connectivity index (χ3v) is 18.2. The molecule has 4 fully saturated rings. The summed E-state index contributed by atoms with van der Waals surface area (Å²) in [4.78, 5) is 0. The summed E-state index contributed by atoms with van der Waals surface area (Å²) in [5.74, 6) is 4.26. The lowest BCUT2D eigenvalue weighted by Crippen LogP contribution is -2.47. The molecule has 0 aliphatic heterocycles. The molecule has 4 aliphatic carbocycles. The molecule has 0 heterocycles. The molecule has 0 radical (unpaired) electrons. The molecule has 4 saturated carbocycles. The highest BCUT2D eigenvalue weighted by Gasteiger charge is 2.59. The Hall–Kier alpha value is -1.76. The maximum atomic E-state index is 13.3. The second-order valence-electron chi connectivity index (χ2n) is 15.3. The van der Waals surface area contributed by atoms with Crippen LogP contribution < -0.4 is 0 Å². The average Bonchev–Trinajstić information content (AvgIpc) is 3.48. The summed E-state index contributed by atoms with van der Waals surface area (Å²) in [6.45, 7) is 10.2. The van der Waals surface area contributed by atoms with Crippen LogP contribution in [0.25, 0.3) is 0 Å². The fourth-order valence-electron chi connectivity index (χ4n) is 11.6. The molecule has 0 spiro atoms. The predicted molar refractivity (Wildman–Crippen MR) is 163 cm³/mol. The Kier molecular flexibility index (Phi) is 8.16. The van der Waals surface area contributed by atoms with Gasteiger partial charge in [0.1, 0.15) is 0 Å². The smallest absolute Gasteiger partial charge is 0.166 e. The van der Waals surface area contributed by atoms with E-state index in [1.54, 1.807) is 24.3 Å². The Morgan fingerprint density at radius 3 is 1.21 bits per heavy atom. The van der Waals surface area contributed by atoms with E-state index in [4.69, 9.17) is 0 Å². The fraction of sp³-hybridized carbons (Fsp3) is 0.667. The normalized spacial score (nSPS) is 36.8. The maximum Gasteiger partial charge on any atom is 0.416 e. The van der Waals surface area contributed by atoms with Crippen LogP contribution in [-0.2, 0) is 12.4 Å². The van der Waals surface area contributed by atoms with Crippen molar-refractivity contribution in [2.24, 2.45) is 35.5 Å². The highest BCUT2D eigenvalue weighted by atomic mass is 28.3. The number of fused-ring (bicyclic) bond motifs is 2. The summed E-state index contributed by atoms with van der Waals surface area (Å²) < 4.78 is 79.5. The Bertz CT molecular complexity index is 1170. The van der Waals surface area contributed by atoms with Crippen molar-refractivity contribution in [2.45, 2.75) is 114 Å². The monoisotopic (exact) mass is 620 g/mol. The topological polar surface area (TPSA) is 0 Å². The summed E-state index contributed by atoms with van der Waals surface area (Å²) in [5.41, 5.74) is 2.43. The van der Waals surface area contributed by atoms with E-state index in [9.17, 15) is 26.3 Å². The Morgan fingerprint density at radius 1 is 0.535 bits per heavy atom. The highest BCUT2D eigenvalue weighted by Crippen LogP contribution is 2.67. The minimum absolute atomic E-state index is 0.339. The third kappa shape index (κ3) is 5.63. The Balaban J connectivity index is 1.23. The van der Waals surface area contributed by atoms with Crippen molar-refractivity contribution < 1.29 is 26.3 Å². The quantitative estimate of drug-likeness (QED) is 0.236. The van der Waals surface area contributed by atoms with E-state index >= 15 is 0 Å². The van der Waals surface area contributed by atoms with Gasteiger partial charge in [-0.05, 0) is 120 Å². The van der Waals surface area contributed by atoms with E-state index in [2.05, 4.69) is 26.9 Å². The van der Waals surface area contributed by atoms with E-state index in [1.807, 2.05) is 0 Å². The summed E-state index contributed by atoms with van der Waals surface area (Å²) in [6, 6.07) is 12.0. The van der Waals surface area contributed by atoms with Crippen molar-refractivity contribution in [1.82, 2.24) is 0 Å². The van der Waals surface area contributed by atoms with Gasteiger partial charge in [-0.1, -0.05) is 76.9 Å². The SMILES string of the molecule is CC1CC2C(c3ccc(C(F)(F)F)cc3)CCCC2C1[Si](C)(C)C1C(C)CC2C(c3ccc(C(F)(F)F)cc3)CCCC21. The first kappa shape index (κ1) is 31.2. The summed E-state index contributed by atoms with van der Waals surface area (Å²) in [5, 5.41) is 0. The molecule has 0 saturated heterocycles. The zero-order valence-corrected chi connectivity index (χ0v) is 26.8. The molecule has 4 aliphatic rings. The zero-order chi connectivity index (χ0) is 30.9. The van der Waals surface area contributed by atoms with Gasteiger partial charge < -0.3 is 0 Å². The van der Waals surface area contributed by atoms with Gasteiger partial charge in [0.2, 0.25) is 0 Å². The van der Waals surface area contributed by atoms with Crippen LogP contribution in [0.3, 0.4) is 0 Å². The standard InChI is InChI=1S/C36H46F6Si/c1-21-19-31-27(23-11-15-25(16-12-23)35(37,38)39)7-5-9-29(31)33(21)43(3,4)34-22(2)20-32-28(8-6-10-30(32)34)24-13-17-26(18-14-24)36(40,41)42/h11-18,21-22,27-34H,5-10,19-20H2,1-4H3. The molecular weight excluding hydrogens is 574 g/mol. The molecule has 2 aromatic carbocycles. The van der Waals surface area contributed by atoms with Crippen molar-refractivity contribution in [3.05, 3.63) is 70.8 Å². The van der Waals surface area contributed by atoms with E-state index in [0.717, 1.165) is 36.8 Å². The first-order chi connectivity index (χ1) is 20.2. The molecule has 10 atom stereocenters. The zero-order valence-electron chi connectivity index (χ0n) is 25.8. The van der Waals surface area contributed by atoms with E-state index < -0.39 is 31.6 Å². The molecule has 0 aromatic heterocycles. The average molecular weight is 621 g/mol. The molecule has 7 heteroatoms. The van der Waals surface area contributed by atoms with Gasteiger partial charge in [0.15, 0.2) is 0 Å². The van der Waals surface area contributed by atoms with Crippen LogP contribution in [0.5, 0.6) is 0 Å². The van der Waals surface area contributed by atoms with Crippen LogP contribution in [0.15, 0.2) is 48.5 Å². The summed E-state index contributed by atoms with van der Waals surface area (Å²) in [7, 11) is -1.81. The van der Waals surface area contributed by atoms with E-state index in [0.29, 0.717) is 58.4 Å². The molecule has 0 nitrogen and oxygen atoms in total.